The summed E-state index contributed by atoms with van der Waals surface area (Å²) < 4.78 is 0. The molecule has 1 saturated carbocycles. The maximum absolute atomic E-state index is 13.2. The monoisotopic (exact) mass is 364 g/mol. The fraction of sp³-hybridized carbons (Fsp3) is 0.318. The number of rotatable bonds is 7. The Morgan fingerprint density at radius 2 is 1.88 bits per heavy atom. The molecule has 0 unspecified atom stereocenters. The number of thiophene rings is 1. The minimum Gasteiger partial charge on any atom is -0.311 e. The summed E-state index contributed by atoms with van der Waals surface area (Å²) in [7, 11) is 0. The number of amides is 1. The fourth-order valence-electron chi connectivity index (χ4n) is 3.54. The van der Waals surface area contributed by atoms with Gasteiger partial charge in [0, 0.05) is 29.4 Å². The van der Waals surface area contributed by atoms with Crippen LogP contribution in [0.25, 0.3) is 10.8 Å². The molecule has 26 heavy (non-hydrogen) atoms. The van der Waals surface area contributed by atoms with Gasteiger partial charge < -0.3 is 4.90 Å². The van der Waals surface area contributed by atoms with Gasteiger partial charge in [0.25, 0.3) is 0 Å². The van der Waals surface area contributed by atoms with Gasteiger partial charge in [0.05, 0.1) is 12.2 Å². The minimum absolute atomic E-state index is 0.187. The Labute approximate surface area is 158 Å². The van der Waals surface area contributed by atoms with E-state index in [2.05, 4.69) is 53.6 Å². The summed E-state index contributed by atoms with van der Waals surface area (Å²) in [5.41, 5.74) is 1.02. The van der Waals surface area contributed by atoms with Gasteiger partial charge in [-0.25, -0.2) is 0 Å². The summed E-state index contributed by atoms with van der Waals surface area (Å²) in [6.45, 7) is 4.10. The molecule has 1 aliphatic rings. The fourth-order valence-corrected chi connectivity index (χ4v) is 4.27. The quantitative estimate of drug-likeness (QED) is 0.594. The first-order chi connectivity index (χ1) is 12.8. The molecule has 3 aromatic rings. The van der Waals surface area contributed by atoms with Crippen LogP contribution in [-0.4, -0.2) is 29.9 Å². The average molecular weight is 365 g/mol. The van der Waals surface area contributed by atoms with Crippen LogP contribution in [0.15, 0.2) is 60.0 Å². The maximum Gasteiger partial charge on any atom is 0.241 e. The Balaban J connectivity index is 1.56. The zero-order chi connectivity index (χ0) is 17.9. The van der Waals surface area contributed by atoms with Gasteiger partial charge in [0.15, 0.2) is 0 Å². The number of hydrogen-bond donors (Lipinski definition) is 0. The van der Waals surface area contributed by atoms with E-state index < -0.39 is 0 Å². The minimum atomic E-state index is 0.187. The molecule has 0 aliphatic heterocycles. The maximum atomic E-state index is 13.2. The van der Waals surface area contributed by atoms with Crippen molar-refractivity contribution in [1.29, 1.82) is 0 Å². The van der Waals surface area contributed by atoms with Crippen LogP contribution in [-0.2, 0) is 11.3 Å². The van der Waals surface area contributed by atoms with Crippen molar-refractivity contribution in [3.05, 3.63) is 64.9 Å². The molecule has 2 aromatic carbocycles. The lowest BCUT2D eigenvalue weighted by Gasteiger charge is -2.27. The molecule has 0 bridgehead atoms. The second-order valence-corrected chi connectivity index (χ2v) is 7.88. The second-order valence-electron chi connectivity index (χ2n) is 6.85. The predicted octanol–water partition coefficient (Wildman–Crippen LogP) is 4.92. The number of likely N-dealkylation sites (N-methyl/N-ethyl adjacent to an activating group) is 1. The van der Waals surface area contributed by atoms with Crippen LogP contribution in [0.3, 0.4) is 0 Å². The van der Waals surface area contributed by atoms with E-state index in [0.717, 1.165) is 17.6 Å². The van der Waals surface area contributed by atoms with Crippen LogP contribution < -0.4 is 4.90 Å². The normalized spacial score (nSPS) is 14.1. The van der Waals surface area contributed by atoms with Crippen molar-refractivity contribution >= 4 is 33.7 Å². The number of anilines is 1. The van der Waals surface area contributed by atoms with Gasteiger partial charge in [-0.1, -0.05) is 42.5 Å². The van der Waals surface area contributed by atoms with Gasteiger partial charge in [-0.05, 0) is 42.7 Å². The Kier molecular flexibility index (Phi) is 5.05. The van der Waals surface area contributed by atoms with Gasteiger partial charge in [0.1, 0.15) is 0 Å². The smallest absolute Gasteiger partial charge is 0.241 e. The molecule has 1 amide bonds. The van der Waals surface area contributed by atoms with Crippen molar-refractivity contribution in [2.45, 2.75) is 32.4 Å². The highest BCUT2D eigenvalue weighted by molar-refractivity contribution is 7.09. The summed E-state index contributed by atoms with van der Waals surface area (Å²) in [6.07, 6.45) is 2.41. The van der Waals surface area contributed by atoms with E-state index in [1.165, 1.54) is 23.1 Å². The third kappa shape index (κ3) is 3.67. The van der Waals surface area contributed by atoms with Crippen molar-refractivity contribution in [2.24, 2.45) is 0 Å². The lowest BCUT2D eigenvalue weighted by Crippen LogP contribution is -2.41. The van der Waals surface area contributed by atoms with E-state index in [-0.39, 0.29) is 5.91 Å². The van der Waals surface area contributed by atoms with Gasteiger partial charge in [-0.2, -0.15) is 0 Å². The van der Waals surface area contributed by atoms with Gasteiger partial charge >= 0.3 is 0 Å². The van der Waals surface area contributed by atoms with Crippen molar-refractivity contribution in [3.63, 3.8) is 0 Å². The summed E-state index contributed by atoms with van der Waals surface area (Å²) in [5, 5.41) is 4.42. The van der Waals surface area contributed by atoms with Crippen molar-refractivity contribution in [1.82, 2.24) is 4.90 Å². The summed E-state index contributed by atoms with van der Waals surface area (Å²) in [6, 6.07) is 19.3. The van der Waals surface area contributed by atoms with Crippen molar-refractivity contribution in [2.75, 3.05) is 18.0 Å². The number of nitrogens with zero attached hydrogens (tertiary/aromatic N) is 2. The van der Waals surface area contributed by atoms with Crippen LogP contribution >= 0.6 is 11.3 Å². The summed E-state index contributed by atoms with van der Waals surface area (Å²) >= 11 is 1.77. The van der Waals surface area contributed by atoms with E-state index in [1.54, 1.807) is 11.3 Å². The summed E-state index contributed by atoms with van der Waals surface area (Å²) in [5.74, 6) is 0.187. The van der Waals surface area contributed by atoms with Crippen LogP contribution in [0.5, 0.6) is 0 Å². The molecule has 1 fully saturated rings. The number of fused-ring (bicyclic) bond motifs is 1. The van der Waals surface area contributed by atoms with Crippen molar-refractivity contribution in [3.8, 4) is 0 Å². The molecule has 1 aliphatic carbocycles. The first-order valence-electron chi connectivity index (χ1n) is 9.31. The van der Waals surface area contributed by atoms with Gasteiger partial charge in [0.2, 0.25) is 5.91 Å². The number of hydrogen-bond acceptors (Lipinski definition) is 3. The Bertz CT molecular complexity index is 881. The average Bonchev–Trinajstić information content (AvgIpc) is 3.39. The molecule has 3 nitrogen and oxygen atoms in total. The van der Waals surface area contributed by atoms with E-state index in [9.17, 15) is 4.79 Å². The Hall–Kier alpha value is -2.17. The largest absolute Gasteiger partial charge is 0.311 e. The van der Waals surface area contributed by atoms with Gasteiger partial charge in [-0.15, -0.1) is 11.3 Å². The summed E-state index contributed by atoms with van der Waals surface area (Å²) in [4.78, 5) is 18.8. The number of carbonyl (C=O) groups is 1. The molecular formula is C22H24N2OS. The second kappa shape index (κ2) is 7.60. The van der Waals surface area contributed by atoms with Crippen molar-refractivity contribution < 1.29 is 4.79 Å². The zero-order valence-corrected chi connectivity index (χ0v) is 15.9. The number of benzene rings is 2. The van der Waals surface area contributed by atoms with E-state index in [1.807, 2.05) is 23.1 Å². The van der Waals surface area contributed by atoms with Crippen LogP contribution in [0.2, 0.25) is 0 Å². The Morgan fingerprint density at radius 3 is 2.62 bits per heavy atom. The highest BCUT2D eigenvalue weighted by Gasteiger charge is 2.31. The molecule has 4 heteroatoms. The third-order valence-corrected chi connectivity index (χ3v) is 5.88. The Morgan fingerprint density at radius 1 is 1.08 bits per heavy atom. The van der Waals surface area contributed by atoms with Gasteiger partial charge in [-0.3, -0.25) is 9.69 Å². The molecule has 0 radical (unpaired) electrons. The first kappa shape index (κ1) is 17.3. The zero-order valence-electron chi connectivity index (χ0n) is 15.1. The SMILES string of the molecule is CCN(C(=O)CN(Cc1cccs1)C1CC1)c1cccc2ccccc12. The molecular weight excluding hydrogens is 340 g/mol. The molecule has 0 N–H and O–H groups in total. The van der Waals surface area contributed by atoms with E-state index in [0.29, 0.717) is 19.1 Å². The highest BCUT2D eigenvalue weighted by atomic mass is 32.1. The third-order valence-electron chi connectivity index (χ3n) is 5.02. The molecule has 0 atom stereocenters. The lowest BCUT2D eigenvalue weighted by molar-refractivity contribution is -0.120. The van der Waals surface area contributed by atoms with Crippen LogP contribution in [0, 0.1) is 0 Å². The predicted molar refractivity (Wildman–Crippen MR) is 110 cm³/mol. The van der Waals surface area contributed by atoms with E-state index in [4.69, 9.17) is 0 Å². The molecule has 1 aromatic heterocycles. The molecule has 1 heterocycles. The standard InChI is InChI=1S/C22H24N2OS/c1-2-24(21-11-5-8-17-7-3-4-10-20(17)21)22(25)16-23(18-12-13-18)15-19-9-6-14-26-19/h3-11,14,18H,2,12-13,15-16H2,1H3. The molecule has 0 saturated heterocycles. The molecule has 134 valence electrons. The number of carbonyl (C=O) groups excluding carboxylic acids is 1. The highest BCUT2D eigenvalue weighted by Crippen LogP contribution is 2.30. The topological polar surface area (TPSA) is 23.6 Å². The first-order valence-corrected chi connectivity index (χ1v) is 10.2. The van der Waals surface area contributed by atoms with Crippen LogP contribution in [0.1, 0.15) is 24.6 Å². The molecule has 4 rings (SSSR count). The molecule has 0 spiro atoms. The van der Waals surface area contributed by atoms with E-state index >= 15 is 0 Å². The lowest BCUT2D eigenvalue weighted by atomic mass is 10.1. The van der Waals surface area contributed by atoms with Crippen LogP contribution in [0.4, 0.5) is 5.69 Å².